The van der Waals surface area contributed by atoms with Crippen molar-refractivity contribution in [2.24, 2.45) is 0 Å². The van der Waals surface area contributed by atoms with Gasteiger partial charge in [-0.15, -0.1) is 0 Å². The zero-order valence-corrected chi connectivity index (χ0v) is 21.6. The fraction of sp³-hybridized carbons (Fsp3) is 0.714. The Morgan fingerprint density at radius 2 is 1.80 bits per heavy atom. The van der Waals surface area contributed by atoms with Crippen LogP contribution in [0.15, 0.2) is 18.2 Å². The molecule has 2 atom stereocenters. The van der Waals surface area contributed by atoms with E-state index in [2.05, 4.69) is 12.2 Å². The molecule has 2 saturated carbocycles. The number of rotatable bonds is 12. The molecule has 2 amide bonds. The molecule has 2 N–H and O–H groups in total. The molecule has 0 bridgehead atoms. The van der Waals surface area contributed by atoms with Gasteiger partial charge in [0.2, 0.25) is 0 Å². The van der Waals surface area contributed by atoms with E-state index in [9.17, 15) is 14.7 Å². The molecule has 1 aromatic carbocycles. The first kappa shape index (κ1) is 27.5. The molecule has 3 rings (SSSR count). The summed E-state index contributed by atoms with van der Waals surface area (Å²) in [5, 5.41) is 12.6. The molecule has 35 heavy (non-hydrogen) atoms. The maximum absolute atomic E-state index is 12.9. The van der Waals surface area contributed by atoms with Crippen LogP contribution < -0.4 is 5.32 Å². The van der Waals surface area contributed by atoms with Crippen LogP contribution >= 0.6 is 0 Å². The van der Waals surface area contributed by atoms with E-state index in [1.807, 2.05) is 30.0 Å². The van der Waals surface area contributed by atoms with Crippen LogP contribution in [-0.4, -0.2) is 60.0 Å². The van der Waals surface area contributed by atoms with Gasteiger partial charge in [0.25, 0.3) is 0 Å². The van der Waals surface area contributed by atoms with Gasteiger partial charge in [0.15, 0.2) is 0 Å². The van der Waals surface area contributed by atoms with E-state index < -0.39 is 5.97 Å². The fourth-order valence-corrected chi connectivity index (χ4v) is 5.40. The molecule has 0 radical (unpaired) electrons. The molecule has 2 fully saturated rings. The maximum atomic E-state index is 12.9. The number of aryl methyl sites for hydroxylation is 1. The highest BCUT2D eigenvalue weighted by atomic mass is 16.5. The van der Waals surface area contributed by atoms with Crippen LogP contribution in [0.25, 0.3) is 0 Å². The van der Waals surface area contributed by atoms with E-state index in [-0.39, 0.29) is 18.2 Å². The molecule has 196 valence electrons. The van der Waals surface area contributed by atoms with Gasteiger partial charge >= 0.3 is 12.0 Å². The highest BCUT2D eigenvalue weighted by Gasteiger charge is 2.27. The third kappa shape index (κ3) is 8.50. The van der Waals surface area contributed by atoms with Crippen molar-refractivity contribution in [1.82, 2.24) is 10.2 Å². The fourth-order valence-electron chi connectivity index (χ4n) is 5.40. The number of carbonyl (C=O) groups is 2. The summed E-state index contributed by atoms with van der Waals surface area (Å²) in [4.78, 5) is 26.5. The minimum Gasteiger partial charge on any atom is -0.478 e. The number of urea groups is 1. The number of carbonyl (C=O) groups excluding carboxylic acids is 1. The predicted molar refractivity (Wildman–Crippen MR) is 137 cm³/mol. The molecule has 7 nitrogen and oxygen atoms in total. The number of amides is 2. The van der Waals surface area contributed by atoms with E-state index in [4.69, 9.17) is 9.47 Å². The lowest BCUT2D eigenvalue weighted by Gasteiger charge is -2.35. The Bertz CT molecular complexity index is 809. The first-order valence-electron chi connectivity index (χ1n) is 13.6. The number of nitrogens with zero attached hydrogens (tertiary/aromatic N) is 1. The Hall–Kier alpha value is -2.12. The summed E-state index contributed by atoms with van der Waals surface area (Å²) in [5.74, 6) is -0.909. The SMILES string of the molecule is CCCCNC(=O)N(CCOC1CCCC(OCc2cccc(C)c2C(=O)O)C1)C1CCCCC1. The Balaban J connectivity index is 1.47. The molecular formula is C28H44N2O5. The van der Waals surface area contributed by atoms with Crippen LogP contribution in [0.1, 0.15) is 99.0 Å². The maximum Gasteiger partial charge on any atom is 0.336 e. The van der Waals surface area contributed by atoms with Gasteiger partial charge in [-0.2, -0.15) is 0 Å². The second kappa shape index (κ2) is 14.4. The molecule has 1 aromatic rings. The third-order valence-electron chi connectivity index (χ3n) is 7.39. The van der Waals surface area contributed by atoms with Crippen molar-refractivity contribution < 1.29 is 24.2 Å². The lowest BCUT2D eigenvalue weighted by atomic mass is 9.94. The topological polar surface area (TPSA) is 88.1 Å². The van der Waals surface area contributed by atoms with E-state index in [0.29, 0.717) is 31.4 Å². The van der Waals surface area contributed by atoms with Crippen molar-refractivity contribution in [2.75, 3.05) is 19.7 Å². The van der Waals surface area contributed by atoms with Gasteiger partial charge in [0, 0.05) is 19.1 Å². The lowest BCUT2D eigenvalue weighted by molar-refractivity contribution is -0.0537. The number of ether oxygens (including phenoxy) is 2. The first-order valence-corrected chi connectivity index (χ1v) is 13.6. The summed E-state index contributed by atoms with van der Waals surface area (Å²) in [7, 11) is 0. The van der Waals surface area contributed by atoms with Crippen molar-refractivity contribution in [3.05, 3.63) is 34.9 Å². The molecule has 2 aliphatic carbocycles. The molecular weight excluding hydrogens is 444 g/mol. The van der Waals surface area contributed by atoms with Crippen molar-refractivity contribution in [3.63, 3.8) is 0 Å². The monoisotopic (exact) mass is 488 g/mol. The Labute approximate surface area is 210 Å². The summed E-state index contributed by atoms with van der Waals surface area (Å²) >= 11 is 0. The average Bonchev–Trinajstić information content (AvgIpc) is 2.86. The van der Waals surface area contributed by atoms with Gasteiger partial charge in [-0.05, 0) is 63.0 Å². The summed E-state index contributed by atoms with van der Waals surface area (Å²) in [5.41, 5.74) is 1.82. The van der Waals surface area contributed by atoms with Crippen molar-refractivity contribution in [2.45, 2.75) is 109 Å². The van der Waals surface area contributed by atoms with Crippen LogP contribution in [0.4, 0.5) is 4.79 Å². The smallest absolute Gasteiger partial charge is 0.336 e. The first-order chi connectivity index (χ1) is 17.0. The summed E-state index contributed by atoms with van der Waals surface area (Å²) in [6.45, 7) is 6.13. The van der Waals surface area contributed by atoms with Crippen LogP contribution in [0.5, 0.6) is 0 Å². The highest BCUT2D eigenvalue weighted by Crippen LogP contribution is 2.26. The van der Waals surface area contributed by atoms with Crippen molar-refractivity contribution in [1.29, 1.82) is 0 Å². The number of unbranched alkanes of at least 4 members (excludes halogenated alkanes) is 1. The van der Waals surface area contributed by atoms with Crippen molar-refractivity contribution in [3.8, 4) is 0 Å². The largest absolute Gasteiger partial charge is 0.478 e. The van der Waals surface area contributed by atoms with Crippen LogP contribution in [-0.2, 0) is 16.1 Å². The van der Waals surface area contributed by atoms with Gasteiger partial charge in [-0.25, -0.2) is 9.59 Å². The Morgan fingerprint density at radius 1 is 1.06 bits per heavy atom. The number of carboxylic acids is 1. The summed E-state index contributed by atoms with van der Waals surface area (Å²) in [6.07, 6.45) is 11.8. The normalized spacial score (nSPS) is 21.0. The number of aromatic carboxylic acids is 1. The second-order valence-corrected chi connectivity index (χ2v) is 10.1. The summed E-state index contributed by atoms with van der Waals surface area (Å²) in [6, 6.07) is 5.89. The number of hydrogen-bond donors (Lipinski definition) is 2. The molecule has 2 aliphatic rings. The van der Waals surface area contributed by atoms with Gasteiger partial charge < -0.3 is 24.8 Å². The van der Waals surface area contributed by atoms with Crippen LogP contribution in [0.2, 0.25) is 0 Å². The van der Waals surface area contributed by atoms with E-state index >= 15 is 0 Å². The molecule has 0 spiro atoms. The third-order valence-corrected chi connectivity index (χ3v) is 7.39. The summed E-state index contributed by atoms with van der Waals surface area (Å²) < 4.78 is 12.4. The predicted octanol–water partition coefficient (Wildman–Crippen LogP) is 5.68. The zero-order valence-electron chi connectivity index (χ0n) is 21.6. The zero-order chi connectivity index (χ0) is 25.0. The molecule has 7 heteroatoms. The molecule has 0 saturated heterocycles. The molecule has 0 heterocycles. The Kier molecular flexibility index (Phi) is 11.3. The van der Waals surface area contributed by atoms with Crippen LogP contribution in [0, 0.1) is 6.92 Å². The number of hydrogen-bond acceptors (Lipinski definition) is 4. The standard InChI is InChI=1S/C28H44N2O5/c1-3-4-16-29-28(33)30(23-12-6-5-7-13-23)17-18-34-24-14-9-15-25(19-24)35-20-22-11-8-10-21(2)26(22)27(31)32/h8,10-11,23-25H,3-7,9,12-20H2,1-2H3,(H,29,33)(H,31,32). The quantitative estimate of drug-likeness (QED) is 0.370. The number of carboxylic acid groups (broad SMARTS) is 1. The second-order valence-electron chi connectivity index (χ2n) is 10.1. The molecule has 0 aromatic heterocycles. The minimum absolute atomic E-state index is 0.0474. The van der Waals surface area contributed by atoms with E-state index in [1.54, 1.807) is 0 Å². The van der Waals surface area contributed by atoms with E-state index in [1.165, 1.54) is 19.3 Å². The van der Waals surface area contributed by atoms with Crippen LogP contribution in [0.3, 0.4) is 0 Å². The van der Waals surface area contributed by atoms with E-state index in [0.717, 1.165) is 69.0 Å². The number of nitrogens with one attached hydrogen (secondary N) is 1. The van der Waals surface area contributed by atoms with Crippen molar-refractivity contribution >= 4 is 12.0 Å². The van der Waals surface area contributed by atoms with Gasteiger partial charge in [0.1, 0.15) is 0 Å². The van der Waals surface area contributed by atoms with Gasteiger partial charge in [0.05, 0.1) is 31.0 Å². The Morgan fingerprint density at radius 3 is 2.51 bits per heavy atom. The molecule has 2 unspecified atom stereocenters. The number of benzene rings is 1. The van der Waals surface area contributed by atoms with Gasteiger partial charge in [-0.1, -0.05) is 50.8 Å². The lowest BCUT2D eigenvalue weighted by Crippen LogP contribution is -2.48. The molecule has 0 aliphatic heterocycles. The van der Waals surface area contributed by atoms with Gasteiger partial charge in [-0.3, -0.25) is 0 Å². The average molecular weight is 489 g/mol. The highest BCUT2D eigenvalue weighted by molar-refractivity contribution is 5.91. The minimum atomic E-state index is -0.909.